The van der Waals surface area contributed by atoms with Gasteiger partial charge in [-0.1, -0.05) is 43.8 Å². The molecule has 0 spiro atoms. The lowest BCUT2D eigenvalue weighted by Crippen LogP contribution is -2.29. The monoisotopic (exact) mass is 444 g/mol. The van der Waals surface area contributed by atoms with Crippen molar-refractivity contribution in [3.05, 3.63) is 53.3 Å². The number of nitrogens with zero attached hydrogens (tertiary/aromatic N) is 4. The lowest BCUT2D eigenvalue weighted by Gasteiger charge is -2.17. The summed E-state index contributed by atoms with van der Waals surface area (Å²) in [5.41, 5.74) is 0.590. The van der Waals surface area contributed by atoms with Gasteiger partial charge in [-0.25, -0.2) is 4.98 Å². The Morgan fingerprint density at radius 2 is 1.93 bits per heavy atom. The van der Waals surface area contributed by atoms with Crippen LogP contribution < -0.4 is 10.6 Å². The highest BCUT2D eigenvalue weighted by atomic mass is 32.2. The Balaban J connectivity index is 1.69. The Morgan fingerprint density at radius 3 is 2.60 bits per heavy atom. The van der Waals surface area contributed by atoms with E-state index in [0.29, 0.717) is 34.1 Å². The number of amides is 2. The molecule has 0 fully saturated rings. The largest absolute Gasteiger partial charge is 0.342 e. The Labute approximate surface area is 183 Å². The predicted octanol–water partition coefficient (Wildman–Crippen LogP) is 3.61. The highest BCUT2D eigenvalue weighted by Gasteiger charge is 2.21. The molecule has 158 valence electrons. The number of hydrogen-bond acceptors (Lipinski definition) is 7. The van der Waals surface area contributed by atoms with Gasteiger partial charge in [0.15, 0.2) is 16.1 Å². The quantitative estimate of drug-likeness (QED) is 0.489. The van der Waals surface area contributed by atoms with E-state index in [1.165, 1.54) is 23.1 Å². The normalized spacial score (nSPS) is 12.0. The first-order valence-corrected chi connectivity index (χ1v) is 11.4. The maximum Gasteiger partial charge on any atom is 0.251 e. The molecule has 2 heterocycles. The molecule has 2 N–H and O–H groups in total. The molecule has 1 atom stereocenters. The van der Waals surface area contributed by atoms with Crippen molar-refractivity contribution in [1.29, 1.82) is 0 Å². The zero-order chi connectivity index (χ0) is 21.5. The molecule has 0 radical (unpaired) electrons. The van der Waals surface area contributed by atoms with E-state index in [0.717, 1.165) is 0 Å². The van der Waals surface area contributed by atoms with Crippen LogP contribution in [0.1, 0.15) is 43.0 Å². The van der Waals surface area contributed by atoms with Crippen LogP contribution in [-0.2, 0) is 11.3 Å². The molecule has 0 bridgehead atoms. The number of rotatable bonds is 9. The van der Waals surface area contributed by atoms with E-state index in [9.17, 15) is 9.59 Å². The summed E-state index contributed by atoms with van der Waals surface area (Å²) in [6, 6.07) is 8.72. The standard InChI is InChI=1S/C20H24N6O2S2/c1-13(2)11-26-17(14(3)22-18(28)15-7-5-4-6-8-15)24-25-20(26)30-12-16(27)23-19-21-9-10-29-19/h4-10,13-14H,11-12H2,1-3H3,(H,22,28)(H,21,23,27). The number of carbonyl (C=O) groups excluding carboxylic acids is 2. The predicted molar refractivity (Wildman–Crippen MR) is 119 cm³/mol. The first-order chi connectivity index (χ1) is 14.4. The van der Waals surface area contributed by atoms with Crippen LogP contribution in [0.2, 0.25) is 0 Å². The summed E-state index contributed by atoms with van der Waals surface area (Å²) in [4.78, 5) is 28.7. The summed E-state index contributed by atoms with van der Waals surface area (Å²) in [6.45, 7) is 6.76. The van der Waals surface area contributed by atoms with E-state index in [2.05, 4.69) is 39.7 Å². The van der Waals surface area contributed by atoms with Crippen molar-refractivity contribution in [1.82, 2.24) is 25.1 Å². The second-order valence-corrected chi connectivity index (χ2v) is 8.92. The van der Waals surface area contributed by atoms with E-state index < -0.39 is 0 Å². The molecular weight excluding hydrogens is 420 g/mol. The lowest BCUT2D eigenvalue weighted by atomic mass is 10.2. The van der Waals surface area contributed by atoms with Crippen molar-refractivity contribution < 1.29 is 9.59 Å². The van der Waals surface area contributed by atoms with Crippen LogP contribution >= 0.6 is 23.1 Å². The van der Waals surface area contributed by atoms with Gasteiger partial charge in [0.1, 0.15) is 0 Å². The number of benzene rings is 1. The second kappa shape index (κ2) is 10.4. The minimum atomic E-state index is -0.331. The fourth-order valence-electron chi connectivity index (χ4n) is 2.77. The molecule has 0 saturated carbocycles. The lowest BCUT2D eigenvalue weighted by molar-refractivity contribution is -0.113. The third kappa shape index (κ3) is 5.90. The summed E-state index contributed by atoms with van der Waals surface area (Å²) >= 11 is 2.68. The van der Waals surface area contributed by atoms with Gasteiger partial charge in [-0.2, -0.15) is 0 Å². The number of thioether (sulfide) groups is 1. The average molecular weight is 445 g/mol. The highest BCUT2D eigenvalue weighted by Crippen LogP contribution is 2.23. The van der Waals surface area contributed by atoms with Gasteiger partial charge in [0.25, 0.3) is 5.91 Å². The smallest absolute Gasteiger partial charge is 0.251 e. The van der Waals surface area contributed by atoms with Crippen molar-refractivity contribution in [3.8, 4) is 0 Å². The summed E-state index contributed by atoms with van der Waals surface area (Å²) < 4.78 is 1.97. The van der Waals surface area contributed by atoms with Gasteiger partial charge in [0.05, 0.1) is 11.8 Å². The molecule has 2 amide bonds. The van der Waals surface area contributed by atoms with Gasteiger partial charge in [-0.3, -0.25) is 9.59 Å². The number of nitrogens with one attached hydrogen (secondary N) is 2. The van der Waals surface area contributed by atoms with Crippen molar-refractivity contribution in [2.24, 2.45) is 5.92 Å². The Kier molecular flexibility index (Phi) is 7.58. The SMILES string of the molecule is CC(C)Cn1c(SCC(=O)Nc2nccs2)nnc1C(C)NC(=O)c1ccccc1. The molecule has 0 aliphatic carbocycles. The maximum absolute atomic E-state index is 12.5. The zero-order valence-corrected chi connectivity index (χ0v) is 18.7. The van der Waals surface area contributed by atoms with E-state index in [4.69, 9.17) is 0 Å². The van der Waals surface area contributed by atoms with E-state index in [1.807, 2.05) is 29.7 Å². The van der Waals surface area contributed by atoms with E-state index in [1.54, 1.807) is 23.7 Å². The second-order valence-electron chi connectivity index (χ2n) is 7.08. The van der Waals surface area contributed by atoms with Gasteiger partial charge in [-0.15, -0.1) is 21.5 Å². The number of anilines is 1. The third-order valence-corrected chi connectivity index (χ3v) is 5.73. The van der Waals surface area contributed by atoms with Crippen molar-refractivity contribution in [3.63, 3.8) is 0 Å². The van der Waals surface area contributed by atoms with Gasteiger partial charge in [0.2, 0.25) is 5.91 Å². The van der Waals surface area contributed by atoms with Crippen LogP contribution in [0.5, 0.6) is 0 Å². The van der Waals surface area contributed by atoms with Crippen LogP contribution in [0.3, 0.4) is 0 Å². The highest BCUT2D eigenvalue weighted by molar-refractivity contribution is 7.99. The molecule has 30 heavy (non-hydrogen) atoms. The number of aromatic nitrogens is 4. The van der Waals surface area contributed by atoms with Crippen molar-refractivity contribution >= 4 is 40.0 Å². The van der Waals surface area contributed by atoms with Crippen LogP contribution in [0.4, 0.5) is 5.13 Å². The zero-order valence-electron chi connectivity index (χ0n) is 17.0. The molecule has 0 aliphatic rings. The van der Waals surface area contributed by atoms with Gasteiger partial charge in [-0.05, 0) is 25.0 Å². The maximum atomic E-state index is 12.5. The van der Waals surface area contributed by atoms with Gasteiger partial charge >= 0.3 is 0 Å². The molecule has 10 heteroatoms. The number of thiazole rings is 1. The summed E-state index contributed by atoms with van der Waals surface area (Å²) in [5, 5.41) is 17.3. The molecular formula is C20H24N6O2S2. The van der Waals surface area contributed by atoms with Crippen molar-refractivity contribution in [2.75, 3.05) is 11.1 Å². The summed E-state index contributed by atoms with van der Waals surface area (Å²) in [7, 11) is 0. The molecule has 0 aliphatic heterocycles. The first-order valence-electron chi connectivity index (χ1n) is 9.55. The van der Waals surface area contributed by atoms with Crippen molar-refractivity contribution in [2.45, 2.75) is 38.5 Å². The van der Waals surface area contributed by atoms with Gasteiger partial charge in [0, 0.05) is 23.7 Å². The van der Waals surface area contributed by atoms with Crippen LogP contribution in [0, 0.1) is 5.92 Å². The topological polar surface area (TPSA) is 102 Å². The molecule has 1 unspecified atom stereocenters. The molecule has 3 rings (SSSR count). The van der Waals surface area contributed by atoms with Gasteiger partial charge < -0.3 is 15.2 Å². The molecule has 0 saturated heterocycles. The molecule has 2 aromatic heterocycles. The number of carbonyl (C=O) groups is 2. The summed E-state index contributed by atoms with van der Waals surface area (Å²) in [6.07, 6.45) is 1.64. The Hall–Kier alpha value is -2.72. The van der Waals surface area contributed by atoms with E-state index >= 15 is 0 Å². The molecule has 8 nitrogen and oxygen atoms in total. The van der Waals surface area contributed by atoms with Crippen LogP contribution in [-0.4, -0.2) is 37.3 Å². The number of hydrogen-bond donors (Lipinski definition) is 2. The average Bonchev–Trinajstić information content (AvgIpc) is 3.36. The Bertz CT molecular complexity index is 973. The molecule has 3 aromatic rings. The first kappa shape index (κ1) is 22.0. The minimum absolute atomic E-state index is 0.152. The Morgan fingerprint density at radius 1 is 1.17 bits per heavy atom. The summed E-state index contributed by atoms with van der Waals surface area (Å²) in [5.74, 6) is 0.886. The van der Waals surface area contributed by atoms with E-state index in [-0.39, 0.29) is 23.6 Å². The van der Waals surface area contributed by atoms with Crippen LogP contribution in [0.15, 0.2) is 47.1 Å². The molecule has 1 aromatic carbocycles. The fourth-order valence-corrected chi connectivity index (χ4v) is 4.07. The van der Waals surface area contributed by atoms with Crippen LogP contribution in [0.25, 0.3) is 0 Å². The fraction of sp³-hybridized carbons (Fsp3) is 0.350. The third-order valence-electron chi connectivity index (χ3n) is 4.08. The minimum Gasteiger partial charge on any atom is -0.342 e.